The van der Waals surface area contributed by atoms with Crippen LogP contribution in [0.1, 0.15) is 0 Å². The van der Waals surface area contributed by atoms with Gasteiger partial charge in [0.2, 0.25) is 0 Å². The number of hydrogen-bond donors (Lipinski definition) is 1. The van der Waals surface area contributed by atoms with Crippen LogP contribution in [0.15, 0.2) is 57.9 Å². The lowest BCUT2D eigenvalue weighted by Crippen LogP contribution is -2.10. The summed E-state index contributed by atoms with van der Waals surface area (Å²) < 4.78 is 1.96. The van der Waals surface area contributed by atoms with Crippen molar-refractivity contribution >= 4 is 38.3 Å². The molecular weight excluding hydrogens is 448 g/mol. The van der Waals surface area contributed by atoms with E-state index in [1.165, 1.54) is 12.3 Å². The Kier molecular flexibility index (Phi) is 4.39. The van der Waals surface area contributed by atoms with Crippen LogP contribution in [0, 0.1) is 20.2 Å². The number of nitrogens with zero attached hydrogens (tertiary/aromatic N) is 5. The Balaban J connectivity index is 1.96. The first kappa shape index (κ1) is 18.4. The third-order valence-electron chi connectivity index (χ3n) is 4.15. The van der Waals surface area contributed by atoms with Crippen LogP contribution in [0.5, 0.6) is 0 Å². The quantitative estimate of drug-likeness (QED) is 0.365. The van der Waals surface area contributed by atoms with Crippen molar-refractivity contribution in [2.24, 2.45) is 0 Å². The molecule has 2 aromatic heterocycles. The van der Waals surface area contributed by atoms with E-state index in [4.69, 9.17) is 0 Å². The summed E-state index contributed by atoms with van der Waals surface area (Å²) in [6.45, 7) is 0. The lowest BCUT2D eigenvalue weighted by Gasteiger charge is -2.06. The van der Waals surface area contributed by atoms with Gasteiger partial charge in [-0.3, -0.25) is 25.0 Å². The zero-order chi connectivity index (χ0) is 20.7. The molecule has 0 aliphatic rings. The highest BCUT2D eigenvalue weighted by molar-refractivity contribution is 9.10. The van der Waals surface area contributed by atoms with Crippen LogP contribution < -0.4 is 5.56 Å². The highest BCUT2D eigenvalue weighted by Crippen LogP contribution is 2.29. The highest BCUT2D eigenvalue weighted by atomic mass is 79.9. The highest BCUT2D eigenvalue weighted by Gasteiger charge is 2.23. The van der Waals surface area contributed by atoms with Crippen molar-refractivity contribution < 1.29 is 9.85 Å². The predicted octanol–water partition coefficient (Wildman–Crippen LogP) is 3.35. The van der Waals surface area contributed by atoms with Gasteiger partial charge in [-0.15, -0.1) is 0 Å². The fourth-order valence-electron chi connectivity index (χ4n) is 2.79. The standard InChI is InChI=1S/C17H9BrN6O5/c18-10-3-1-9(2-4-10)15-20-16-12(17(25)21-15)8-19-22(16)13-6-5-11(23(26)27)7-14(13)24(28)29/h1-8H,(H,20,21,25). The second kappa shape index (κ2) is 6.91. The minimum Gasteiger partial charge on any atom is -0.306 e. The fraction of sp³-hybridized carbons (Fsp3) is 0. The van der Waals surface area contributed by atoms with Gasteiger partial charge < -0.3 is 4.98 Å². The van der Waals surface area contributed by atoms with E-state index in [2.05, 4.69) is 31.0 Å². The van der Waals surface area contributed by atoms with E-state index < -0.39 is 26.8 Å². The molecule has 0 aliphatic heterocycles. The lowest BCUT2D eigenvalue weighted by atomic mass is 10.2. The zero-order valence-corrected chi connectivity index (χ0v) is 15.9. The molecule has 144 valence electrons. The van der Waals surface area contributed by atoms with Gasteiger partial charge in [0.15, 0.2) is 5.65 Å². The minimum atomic E-state index is -0.751. The summed E-state index contributed by atoms with van der Waals surface area (Å²) in [4.78, 5) is 40.5. The number of aromatic nitrogens is 4. The number of nitro benzene ring substituents is 2. The van der Waals surface area contributed by atoms with Crippen LogP contribution >= 0.6 is 15.9 Å². The molecule has 12 heteroatoms. The average Bonchev–Trinajstić information content (AvgIpc) is 3.12. The molecule has 0 radical (unpaired) electrons. The first-order valence-electron chi connectivity index (χ1n) is 8.02. The number of nitrogens with one attached hydrogen (secondary N) is 1. The van der Waals surface area contributed by atoms with Crippen molar-refractivity contribution in [2.75, 3.05) is 0 Å². The van der Waals surface area contributed by atoms with Crippen molar-refractivity contribution in [3.8, 4) is 17.1 Å². The summed E-state index contributed by atoms with van der Waals surface area (Å²) in [7, 11) is 0. The lowest BCUT2D eigenvalue weighted by molar-refractivity contribution is -0.394. The van der Waals surface area contributed by atoms with E-state index in [1.54, 1.807) is 24.3 Å². The van der Waals surface area contributed by atoms with Gasteiger partial charge in [0, 0.05) is 16.1 Å². The number of non-ortho nitro benzene ring substituents is 1. The summed E-state index contributed by atoms with van der Waals surface area (Å²) in [5.41, 5.74) is -0.768. The van der Waals surface area contributed by atoms with E-state index in [0.29, 0.717) is 5.56 Å². The van der Waals surface area contributed by atoms with E-state index in [9.17, 15) is 25.0 Å². The topological polar surface area (TPSA) is 150 Å². The SMILES string of the molecule is O=c1[nH]c(-c2ccc(Br)cc2)nc2c1cnn2-c1ccc([N+](=O)[O-])cc1[N+](=O)[O-]. The molecule has 11 nitrogen and oxygen atoms in total. The van der Waals surface area contributed by atoms with Crippen LogP contribution in [-0.4, -0.2) is 29.6 Å². The van der Waals surface area contributed by atoms with E-state index >= 15 is 0 Å². The van der Waals surface area contributed by atoms with Crippen LogP contribution in [0.3, 0.4) is 0 Å². The number of rotatable bonds is 4. The molecule has 4 rings (SSSR count). The molecule has 0 saturated heterocycles. The number of nitro groups is 2. The Morgan fingerprint density at radius 2 is 1.76 bits per heavy atom. The maximum Gasteiger partial charge on any atom is 0.301 e. The summed E-state index contributed by atoms with van der Waals surface area (Å²) in [5.74, 6) is 0.251. The maximum absolute atomic E-state index is 12.5. The van der Waals surface area contributed by atoms with E-state index in [1.807, 2.05) is 0 Å². The van der Waals surface area contributed by atoms with Crippen LogP contribution in [0.4, 0.5) is 11.4 Å². The summed E-state index contributed by atoms with van der Waals surface area (Å²) >= 11 is 3.33. The van der Waals surface area contributed by atoms with Crippen LogP contribution in [0.2, 0.25) is 0 Å². The Bertz CT molecular complexity index is 1340. The fourth-order valence-corrected chi connectivity index (χ4v) is 3.05. The van der Waals surface area contributed by atoms with E-state index in [-0.39, 0.29) is 22.5 Å². The van der Waals surface area contributed by atoms with Gasteiger partial charge in [0.1, 0.15) is 16.9 Å². The Morgan fingerprint density at radius 3 is 2.41 bits per heavy atom. The first-order chi connectivity index (χ1) is 13.8. The van der Waals surface area contributed by atoms with Crippen molar-refractivity contribution in [3.63, 3.8) is 0 Å². The van der Waals surface area contributed by atoms with Gasteiger partial charge in [-0.05, 0) is 18.2 Å². The molecule has 0 bridgehead atoms. The molecule has 0 unspecified atom stereocenters. The van der Waals surface area contributed by atoms with E-state index in [0.717, 1.165) is 21.3 Å². The van der Waals surface area contributed by atoms with Crippen molar-refractivity contribution in [1.29, 1.82) is 0 Å². The number of benzene rings is 2. The summed E-state index contributed by atoms with van der Waals surface area (Å²) in [5, 5.41) is 26.6. The molecule has 2 heterocycles. The smallest absolute Gasteiger partial charge is 0.301 e. The van der Waals surface area contributed by atoms with Crippen molar-refractivity contribution in [1.82, 2.24) is 19.7 Å². The molecule has 0 atom stereocenters. The molecule has 0 amide bonds. The molecule has 1 N–H and O–H groups in total. The Morgan fingerprint density at radius 1 is 1.03 bits per heavy atom. The number of halogens is 1. The first-order valence-corrected chi connectivity index (χ1v) is 8.81. The van der Waals surface area contributed by atoms with Gasteiger partial charge in [-0.2, -0.15) is 5.10 Å². The largest absolute Gasteiger partial charge is 0.306 e. The summed E-state index contributed by atoms with van der Waals surface area (Å²) in [6, 6.07) is 10.2. The van der Waals surface area contributed by atoms with Crippen LogP contribution in [-0.2, 0) is 0 Å². The number of H-pyrrole nitrogens is 1. The minimum absolute atomic E-state index is 0.0459. The normalized spacial score (nSPS) is 10.9. The molecule has 0 aliphatic carbocycles. The molecule has 0 fully saturated rings. The third-order valence-corrected chi connectivity index (χ3v) is 4.68. The Labute approximate surface area is 169 Å². The molecule has 0 spiro atoms. The van der Waals surface area contributed by atoms with Gasteiger partial charge in [0.25, 0.3) is 11.2 Å². The van der Waals surface area contributed by atoms with Crippen LogP contribution in [0.25, 0.3) is 28.1 Å². The monoisotopic (exact) mass is 456 g/mol. The molecule has 29 heavy (non-hydrogen) atoms. The molecule has 0 saturated carbocycles. The predicted molar refractivity (Wildman–Crippen MR) is 106 cm³/mol. The Hall–Kier alpha value is -3.93. The maximum atomic E-state index is 12.5. The molecular formula is C17H9BrN6O5. The molecule has 2 aromatic carbocycles. The van der Waals surface area contributed by atoms with Gasteiger partial charge in [-0.1, -0.05) is 28.1 Å². The number of aromatic amines is 1. The van der Waals surface area contributed by atoms with Gasteiger partial charge in [0.05, 0.1) is 22.1 Å². The molecule has 4 aromatic rings. The zero-order valence-electron chi connectivity index (χ0n) is 14.3. The van der Waals surface area contributed by atoms with Gasteiger partial charge in [-0.25, -0.2) is 9.67 Å². The number of fused-ring (bicyclic) bond motifs is 1. The second-order valence-corrected chi connectivity index (χ2v) is 6.82. The van der Waals surface area contributed by atoms with Crippen molar-refractivity contribution in [2.45, 2.75) is 0 Å². The average molecular weight is 457 g/mol. The number of hydrogen-bond acceptors (Lipinski definition) is 7. The van der Waals surface area contributed by atoms with Crippen molar-refractivity contribution in [3.05, 3.63) is 83.7 Å². The second-order valence-electron chi connectivity index (χ2n) is 5.90. The van der Waals surface area contributed by atoms with Gasteiger partial charge >= 0.3 is 5.69 Å². The summed E-state index contributed by atoms with van der Waals surface area (Å²) in [6.07, 6.45) is 1.23. The third kappa shape index (κ3) is 3.25.